The van der Waals surface area contributed by atoms with E-state index >= 15 is 0 Å². The van der Waals surface area contributed by atoms with Crippen molar-refractivity contribution >= 4 is 12.2 Å². The summed E-state index contributed by atoms with van der Waals surface area (Å²) < 4.78 is 5.71. The van der Waals surface area contributed by atoms with Crippen molar-refractivity contribution in [2.24, 2.45) is 0 Å². The van der Waals surface area contributed by atoms with Crippen molar-refractivity contribution in [1.82, 2.24) is 5.32 Å². The molecule has 0 saturated carbocycles. The van der Waals surface area contributed by atoms with Gasteiger partial charge in [0.2, 0.25) is 5.91 Å². The van der Waals surface area contributed by atoms with Crippen LogP contribution >= 0.6 is 0 Å². The molecule has 1 atom stereocenters. The summed E-state index contributed by atoms with van der Waals surface area (Å²) in [6.45, 7) is 1.64. The highest BCUT2D eigenvalue weighted by molar-refractivity contribution is 5.81. The Balaban J connectivity index is 2.01. The maximum atomic E-state index is 11.7. The molecule has 4 nitrogen and oxygen atoms in total. The van der Waals surface area contributed by atoms with Crippen LogP contribution in [-0.4, -0.2) is 18.2 Å². The fourth-order valence-electron chi connectivity index (χ4n) is 1.87. The van der Waals surface area contributed by atoms with E-state index in [4.69, 9.17) is 4.74 Å². The smallest absolute Gasteiger partial charge is 0.224 e. The van der Waals surface area contributed by atoms with Crippen molar-refractivity contribution < 1.29 is 14.3 Å². The maximum absolute atomic E-state index is 11.7. The standard InChI is InChI=1S/C17H17NO3/c1-13(12-19)18-17(20)11-14-6-5-9-16(10-14)21-15-7-3-2-4-8-15/h2-10,12-13H,11H2,1H3,(H,18,20)/t13-/m0/s1. The number of aldehydes is 1. The summed E-state index contributed by atoms with van der Waals surface area (Å²) in [5.74, 6) is 1.23. The van der Waals surface area contributed by atoms with Crippen LogP contribution in [0.4, 0.5) is 0 Å². The molecule has 0 fully saturated rings. The average Bonchev–Trinajstić information content (AvgIpc) is 2.48. The van der Waals surface area contributed by atoms with Gasteiger partial charge in [-0.3, -0.25) is 4.79 Å². The van der Waals surface area contributed by atoms with E-state index < -0.39 is 6.04 Å². The summed E-state index contributed by atoms with van der Waals surface area (Å²) >= 11 is 0. The van der Waals surface area contributed by atoms with Gasteiger partial charge in [0.05, 0.1) is 12.5 Å². The fourth-order valence-corrected chi connectivity index (χ4v) is 1.87. The number of amides is 1. The number of para-hydroxylation sites is 1. The van der Waals surface area contributed by atoms with E-state index in [9.17, 15) is 9.59 Å². The molecule has 2 aromatic carbocycles. The van der Waals surface area contributed by atoms with Crippen molar-refractivity contribution in [3.05, 3.63) is 60.2 Å². The Labute approximate surface area is 123 Å². The van der Waals surface area contributed by atoms with Crippen molar-refractivity contribution in [3.8, 4) is 11.5 Å². The van der Waals surface area contributed by atoms with E-state index in [1.165, 1.54) is 0 Å². The van der Waals surface area contributed by atoms with Crippen LogP contribution in [0.2, 0.25) is 0 Å². The Bertz CT molecular complexity index is 610. The number of hydrogen-bond acceptors (Lipinski definition) is 3. The lowest BCUT2D eigenvalue weighted by Gasteiger charge is -2.09. The number of nitrogens with one attached hydrogen (secondary N) is 1. The fraction of sp³-hybridized carbons (Fsp3) is 0.176. The van der Waals surface area contributed by atoms with Crippen molar-refractivity contribution in [2.75, 3.05) is 0 Å². The van der Waals surface area contributed by atoms with Gasteiger partial charge in [0, 0.05) is 0 Å². The normalized spacial score (nSPS) is 11.5. The van der Waals surface area contributed by atoms with Crippen molar-refractivity contribution in [1.29, 1.82) is 0 Å². The third-order valence-corrected chi connectivity index (χ3v) is 2.83. The number of rotatable bonds is 6. The van der Waals surface area contributed by atoms with Gasteiger partial charge in [0.1, 0.15) is 17.8 Å². The van der Waals surface area contributed by atoms with Gasteiger partial charge < -0.3 is 14.8 Å². The van der Waals surface area contributed by atoms with Crippen LogP contribution in [0.15, 0.2) is 54.6 Å². The molecular formula is C17H17NO3. The van der Waals surface area contributed by atoms with Gasteiger partial charge in [-0.25, -0.2) is 0 Å². The third-order valence-electron chi connectivity index (χ3n) is 2.83. The first-order valence-corrected chi connectivity index (χ1v) is 6.74. The lowest BCUT2D eigenvalue weighted by Crippen LogP contribution is -2.34. The zero-order chi connectivity index (χ0) is 15.1. The summed E-state index contributed by atoms with van der Waals surface area (Å²) in [6, 6.07) is 16.3. The maximum Gasteiger partial charge on any atom is 0.224 e. The first kappa shape index (κ1) is 14.8. The van der Waals surface area contributed by atoms with Gasteiger partial charge >= 0.3 is 0 Å². The molecule has 108 valence electrons. The summed E-state index contributed by atoms with van der Waals surface area (Å²) in [6.07, 6.45) is 0.914. The van der Waals surface area contributed by atoms with E-state index in [0.717, 1.165) is 11.3 Å². The van der Waals surface area contributed by atoms with Gasteiger partial charge in [-0.05, 0) is 36.8 Å². The lowest BCUT2D eigenvalue weighted by molar-refractivity contribution is -0.123. The number of ether oxygens (including phenoxy) is 1. The van der Waals surface area contributed by atoms with Crippen molar-refractivity contribution in [3.63, 3.8) is 0 Å². The summed E-state index contributed by atoms with van der Waals surface area (Å²) in [5.41, 5.74) is 0.832. The number of hydrogen-bond donors (Lipinski definition) is 1. The Morgan fingerprint density at radius 2 is 1.86 bits per heavy atom. The minimum atomic E-state index is -0.471. The van der Waals surface area contributed by atoms with E-state index in [0.29, 0.717) is 12.0 Å². The Morgan fingerprint density at radius 3 is 2.57 bits per heavy atom. The van der Waals surface area contributed by atoms with E-state index in [2.05, 4.69) is 5.32 Å². The van der Waals surface area contributed by atoms with E-state index in [1.54, 1.807) is 6.92 Å². The quantitative estimate of drug-likeness (QED) is 0.829. The topological polar surface area (TPSA) is 55.4 Å². The summed E-state index contributed by atoms with van der Waals surface area (Å²) in [7, 11) is 0. The van der Waals surface area contributed by atoms with Gasteiger partial charge in [0.15, 0.2) is 0 Å². The molecule has 0 aromatic heterocycles. The number of benzene rings is 2. The molecule has 0 saturated heterocycles. The van der Waals surface area contributed by atoms with Crippen LogP contribution in [0.25, 0.3) is 0 Å². The highest BCUT2D eigenvalue weighted by Gasteiger charge is 2.08. The molecule has 0 aliphatic carbocycles. The molecule has 0 unspecified atom stereocenters. The minimum absolute atomic E-state index is 0.188. The van der Waals surface area contributed by atoms with Crippen LogP contribution in [-0.2, 0) is 16.0 Å². The third kappa shape index (κ3) is 4.76. The molecule has 0 aliphatic rings. The summed E-state index contributed by atoms with van der Waals surface area (Å²) in [4.78, 5) is 22.3. The molecule has 2 aromatic rings. The molecule has 1 N–H and O–H groups in total. The molecule has 0 bridgehead atoms. The summed E-state index contributed by atoms with van der Waals surface area (Å²) in [5, 5.41) is 2.60. The Morgan fingerprint density at radius 1 is 1.14 bits per heavy atom. The molecule has 21 heavy (non-hydrogen) atoms. The zero-order valence-electron chi connectivity index (χ0n) is 11.8. The Hall–Kier alpha value is -2.62. The van der Waals surface area contributed by atoms with Crippen LogP contribution < -0.4 is 10.1 Å². The lowest BCUT2D eigenvalue weighted by atomic mass is 10.1. The Kier molecular flexibility index (Phi) is 5.10. The molecule has 4 heteroatoms. The molecule has 1 amide bonds. The molecular weight excluding hydrogens is 266 g/mol. The van der Waals surface area contributed by atoms with Gasteiger partial charge in [0.25, 0.3) is 0 Å². The number of carbonyl (C=O) groups excluding carboxylic acids is 2. The van der Waals surface area contributed by atoms with Crippen LogP contribution in [0.1, 0.15) is 12.5 Å². The van der Waals surface area contributed by atoms with Crippen LogP contribution in [0.5, 0.6) is 11.5 Å². The van der Waals surface area contributed by atoms with E-state index in [1.807, 2.05) is 54.6 Å². The minimum Gasteiger partial charge on any atom is -0.457 e. The van der Waals surface area contributed by atoms with Crippen molar-refractivity contribution in [2.45, 2.75) is 19.4 Å². The molecule has 0 radical (unpaired) electrons. The molecule has 0 aliphatic heterocycles. The van der Waals surface area contributed by atoms with Gasteiger partial charge in [-0.15, -0.1) is 0 Å². The highest BCUT2D eigenvalue weighted by Crippen LogP contribution is 2.21. The van der Waals surface area contributed by atoms with Crippen LogP contribution in [0.3, 0.4) is 0 Å². The van der Waals surface area contributed by atoms with Gasteiger partial charge in [-0.1, -0.05) is 30.3 Å². The second-order valence-electron chi connectivity index (χ2n) is 4.73. The monoisotopic (exact) mass is 283 g/mol. The SMILES string of the molecule is C[C@@H](C=O)NC(=O)Cc1cccc(Oc2ccccc2)c1. The first-order valence-electron chi connectivity index (χ1n) is 6.74. The molecule has 0 spiro atoms. The average molecular weight is 283 g/mol. The van der Waals surface area contributed by atoms with Gasteiger partial charge in [-0.2, -0.15) is 0 Å². The van der Waals surface area contributed by atoms with E-state index in [-0.39, 0.29) is 12.3 Å². The first-order chi connectivity index (χ1) is 10.2. The molecule has 2 rings (SSSR count). The van der Waals surface area contributed by atoms with Crippen LogP contribution in [0, 0.1) is 0 Å². The zero-order valence-corrected chi connectivity index (χ0v) is 11.8. The number of carbonyl (C=O) groups is 2. The molecule has 0 heterocycles. The predicted molar refractivity (Wildman–Crippen MR) is 80.3 cm³/mol. The largest absolute Gasteiger partial charge is 0.457 e. The second-order valence-corrected chi connectivity index (χ2v) is 4.73. The highest BCUT2D eigenvalue weighted by atomic mass is 16.5. The second kappa shape index (κ2) is 7.24. The predicted octanol–water partition coefficient (Wildman–Crippen LogP) is 2.73.